The molecule has 0 aliphatic carbocycles. The lowest BCUT2D eigenvalue weighted by Gasteiger charge is -2.27. The van der Waals surface area contributed by atoms with Crippen LogP contribution in [0.5, 0.6) is 0 Å². The van der Waals surface area contributed by atoms with Gasteiger partial charge in [-0.25, -0.2) is 4.98 Å². The Kier molecular flexibility index (Phi) is 3.98. The molecular weight excluding hydrogens is 316 g/mol. The number of hydrogen-bond donors (Lipinski definition) is 0. The Morgan fingerprint density at radius 3 is 3.00 bits per heavy atom. The zero-order valence-corrected chi connectivity index (χ0v) is 13.7. The Morgan fingerprint density at radius 1 is 1.40 bits per heavy atom. The second-order valence-corrected chi connectivity index (χ2v) is 6.26. The van der Waals surface area contributed by atoms with Crippen molar-refractivity contribution in [3.63, 3.8) is 0 Å². The Labute approximate surface area is 128 Å². The molecule has 0 spiro atoms. The number of anilines is 1. The fourth-order valence-corrected chi connectivity index (χ4v) is 3.64. The fraction of sp³-hybridized carbons (Fsp3) is 0.533. The van der Waals surface area contributed by atoms with Gasteiger partial charge in [-0.2, -0.15) is 0 Å². The van der Waals surface area contributed by atoms with Gasteiger partial charge in [-0.15, -0.1) is 0 Å². The van der Waals surface area contributed by atoms with Crippen molar-refractivity contribution in [2.24, 2.45) is 0 Å². The van der Waals surface area contributed by atoms with Crippen LogP contribution in [0.1, 0.15) is 18.5 Å². The van der Waals surface area contributed by atoms with Crippen LogP contribution in [0, 0.1) is 0 Å². The molecule has 3 rings (SSSR count). The van der Waals surface area contributed by atoms with Gasteiger partial charge in [0.15, 0.2) is 5.82 Å². The zero-order valence-electron chi connectivity index (χ0n) is 12.1. The van der Waals surface area contributed by atoms with Crippen LogP contribution in [0.25, 0.3) is 5.65 Å². The lowest BCUT2D eigenvalue weighted by Crippen LogP contribution is -2.38. The third-order valence-corrected chi connectivity index (χ3v) is 4.49. The molecule has 1 aliphatic heterocycles. The standard InChI is InChI=1S/C15H21BrN4/c1-18(2)11-12-6-5-9-19(12)15-13(10-16)20-8-4-3-7-14(20)17-15/h3-4,7-8,12H,5-6,9-11H2,1-2H3. The van der Waals surface area contributed by atoms with E-state index in [1.807, 2.05) is 6.07 Å². The van der Waals surface area contributed by atoms with Crippen LogP contribution in [0.3, 0.4) is 0 Å². The maximum atomic E-state index is 4.86. The molecular formula is C15H21BrN4. The molecule has 0 bridgehead atoms. The highest BCUT2D eigenvalue weighted by Gasteiger charge is 2.29. The molecule has 2 aromatic rings. The third-order valence-electron chi connectivity index (χ3n) is 3.96. The molecule has 1 aliphatic rings. The number of nitrogens with zero attached hydrogens (tertiary/aromatic N) is 4. The molecule has 0 saturated carbocycles. The van der Waals surface area contributed by atoms with Crippen LogP contribution < -0.4 is 4.90 Å². The number of hydrogen-bond acceptors (Lipinski definition) is 3. The van der Waals surface area contributed by atoms with E-state index < -0.39 is 0 Å². The number of alkyl halides is 1. The summed E-state index contributed by atoms with van der Waals surface area (Å²) in [5.74, 6) is 1.15. The molecule has 20 heavy (non-hydrogen) atoms. The molecule has 108 valence electrons. The molecule has 0 radical (unpaired) electrons. The first-order valence-corrected chi connectivity index (χ1v) is 8.26. The number of rotatable bonds is 4. The van der Waals surface area contributed by atoms with E-state index in [2.05, 4.69) is 62.6 Å². The minimum Gasteiger partial charge on any atom is -0.351 e. The molecule has 5 heteroatoms. The van der Waals surface area contributed by atoms with Gasteiger partial charge >= 0.3 is 0 Å². The second-order valence-electron chi connectivity index (χ2n) is 5.70. The van der Waals surface area contributed by atoms with Gasteiger partial charge in [0.05, 0.1) is 5.69 Å². The Hall–Kier alpha value is -1.07. The normalized spacial score (nSPS) is 19.4. The van der Waals surface area contributed by atoms with Crippen molar-refractivity contribution in [2.75, 3.05) is 32.1 Å². The summed E-state index contributed by atoms with van der Waals surface area (Å²) in [4.78, 5) is 9.62. The lowest BCUT2D eigenvalue weighted by atomic mass is 10.2. The van der Waals surface area contributed by atoms with E-state index in [1.54, 1.807) is 0 Å². The third kappa shape index (κ3) is 2.44. The summed E-state index contributed by atoms with van der Waals surface area (Å²) in [6.45, 7) is 2.21. The number of halogens is 1. The van der Waals surface area contributed by atoms with E-state index >= 15 is 0 Å². The molecule has 2 aromatic heterocycles. The van der Waals surface area contributed by atoms with Gasteiger partial charge in [0.2, 0.25) is 0 Å². The van der Waals surface area contributed by atoms with Crippen molar-refractivity contribution in [3.05, 3.63) is 30.1 Å². The van der Waals surface area contributed by atoms with Crippen molar-refractivity contribution in [1.29, 1.82) is 0 Å². The van der Waals surface area contributed by atoms with Crippen molar-refractivity contribution in [3.8, 4) is 0 Å². The summed E-state index contributed by atoms with van der Waals surface area (Å²) in [5, 5.41) is 0.832. The van der Waals surface area contributed by atoms with Crippen LogP contribution in [0.2, 0.25) is 0 Å². The molecule has 0 amide bonds. The van der Waals surface area contributed by atoms with E-state index in [-0.39, 0.29) is 0 Å². The average Bonchev–Trinajstić information content (AvgIpc) is 3.00. The van der Waals surface area contributed by atoms with Gasteiger partial charge in [0.1, 0.15) is 5.65 Å². The molecule has 1 atom stereocenters. The van der Waals surface area contributed by atoms with Crippen molar-refractivity contribution in [1.82, 2.24) is 14.3 Å². The number of likely N-dealkylation sites (N-methyl/N-ethyl adjacent to an activating group) is 1. The average molecular weight is 337 g/mol. The minimum absolute atomic E-state index is 0.577. The van der Waals surface area contributed by atoms with Gasteiger partial charge in [0.25, 0.3) is 0 Å². The van der Waals surface area contributed by atoms with Crippen LogP contribution in [-0.2, 0) is 5.33 Å². The van der Waals surface area contributed by atoms with Crippen LogP contribution in [0.4, 0.5) is 5.82 Å². The summed E-state index contributed by atoms with van der Waals surface area (Å²) in [6.07, 6.45) is 4.61. The fourth-order valence-electron chi connectivity index (χ4n) is 3.11. The molecule has 1 saturated heterocycles. The van der Waals surface area contributed by atoms with Gasteiger partial charge in [0, 0.05) is 30.7 Å². The predicted octanol–water partition coefficient (Wildman–Crippen LogP) is 2.76. The number of fused-ring (bicyclic) bond motifs is 1. The number of pyridine rings is 1. The van der Waals surface area contributed by atoms with E-state index in [4.69, 9.17) is 4.98 Å². The van der Waals surface area contributed by atoms with Gasteiger partial charge in [-0.3, -0.25) is 0 Å². The summed E-state index contributed by atoms with van der Waals surface area (Å²) in [7, 11) is 4.29. The number of aromatic nitrogens is 2. The Bertz CT molecular complexity index is 593. The van der Waals surface area contributed by atoms with Gasteiger partial charge in [-0.1, -0.05) is 22.0 Å². The van der Waals surface area contributed by atoms with E-state index in [0.717, 1.165) is 29.9 Å². The highest BCUT2D eigenvalue weighted by molar-refractivity contribution is 9.08. The SMILES string of the molecule is CN(C)CC1CCCN1c1nc2ccccn2c1CBr. The summed E-state index contributed by atoms with van der Waals surface area (Å²) in [5.41, 5.74) is 2.29. The summed E-state index contributed by atoms with van der Waals surface area (Å²) in [6, 6.07) is 6.76. The van der Waals surface area contributed by atoms with Crippen LogP contribution >= 0.6 is 15.9 Å². The summed E-state index contributed by atoms with van der Waals surface area (Å²) < 4.78 is 2.19. The quantitative estimate of drug-likeness (QED) is 0.802. The molecule has 3 heterocycles. The van der Waals surface area contributed by atoms with Crippen molar-refractivity contribution in [2.45, 2.75) is 24.2 Å². The van der Waals surface area contributed by atoms with Gasteiger partial charge in [-0.05, 0) is 39.1 Å². The maximum absolute atomic E-state index is 4.86. The summed E-state index contributed by atoms with van der Waals surface area (Å²) >= 11 is 3.63. The van der Waals surface area contributed by atoms with Crippen LogP contribution in [0.15, 0.2) is 24.4 Å². The first kappa shape index (κ1) is 13.9. The first-order valence-electron chi connectivity index (χ1n) is 7.14. The van der Waals surface area contributed by atoms with E-state index in [1.165, 1.54) is 18.5 Å². The van der Waals surface area contributed by atoms with E-state index in [0.29, 0.717) is 6.04 Å². The van der Waals surface area contributed by atoms with Crippen molar-refractivity contribution < 1.29 is 0 Å². The maximum Gasteiger partial charge on any atom is 0.152 e. The first-order chi connectivity index (χ1) is 9.70. The highest BCUT2D eigenvalue weighted by atomic mass is 79.9. The van der Waals surface area contributed by atoms with Crippen molar-refractivity contribution >= 4 is 27.4 Å². The minimum atomic E-state index is 0.577. The molecule has 0 N–H and O–H groups in total. The van der Waals surface area contributed by atoms with Crippen LogP contribution in [-0.4, -0.2) is 47.5 Å². The monoisotopic (exact) mass is 336 g/mol. The smallest absolute Gasteiger partial charge is 0.152 e. The highest BCUT2D eigenvalue weighted by Crippen LogP contribution is 2.30. The largest absolute Gasteiger partial charge is 0.351 e. The van der Waals surface area contributed by atoms with E-state index in [9.17, 15) is 0 Å². The molecule has 4 nitrogen and oxygen atoms in total. The number of imidazole rings is 1. The molecule has 1 unspecified atom stereocenters. The molecule has 0 aromatic carbocycles. The van der Waals surface area contributed by atoms with Gasteiger partial charge < -0.3 is 14.2 Å². The molecule has 1 fully saturated rings. The topological polar surface area (TPSA) is 23.8 Å². The second kappa shape index (κ2) is 5.74. The Morgan fingerprint density at radius 2 is 2.25 bits per heavy atom. The Balaban J connectivity index is 2.00. The predicted molar refractivity (Wildman–Crippen MR) is 86.7 cm³/mol. The lowest BCUT2D eigenvalue weighted by molar-refractivity contribution is 0.371. The zero-order chi connectivity index (χ0) is 14.1.